The number of para-hydroxylation sites is 1. The van der Waals surface area contributed by atoms with E-state index >= 15 is 0 Å². The van der Waals surface area contributed by atoms with E-state index in [1.807, 2.05) is 16.7 Å². The summed E-state index contributed by atoms with van der Waals surface area (Å²) in [5.41, 5.74) is 1.91. The van der Waals surface area contributed by atoms with Gasteiger partial charge in [0.1, 0.15) is 21.1 Å². The van der Waals surface area contributed by atoms with Gasteiger partial charge in [-0.2, -0.15) is 0 Å². The number of piperidine rings is 1. The van der Waals surface area contributed by atoms with Crippen LogP contribution in [0, 0.1) is 5.82 Å². The number of carbonyl (C=O) groups is 1. The lowest BCUT2D eigenvalue weighted by molar-refractivity contribution is -0.168. The van der Waals surface area contributed by atoms with Gasteiger partial charge < -0.3 is 28.8 Å². The molecule has 2 atom stereocenters. The Balaban J connectivity index is 1.03. The quantitative estimate of drug-likeness (QED) is 0.269. The van der Waals surface area contributed by atoms with E-state index in [4.69, 9.17) is 25.8 Å². The van der Waals surface area contributed by atoms with Crippen molar-refractivity contribution in [2.24, 2.45) is 0 Å². The van der Waals surface area contributed by atoms with E-state index in [1.165, 1.54) is 17.4 Å². The first-order valence-electron chi connectivity index (χ1n) is 13.7. The summed E-state index contributed by atoms with van der Waals surface area (Å²) in [6.45, 7) is 5.70. The standard InChI is InChI=1S/C30H29ClFN3O5S/c1-29(21-6-5-19(31)13-22(21)32)39-24-4-2-3-20(26(24)40-29)18-7-10-34(11-8-18)15-30(9-12-38-30)16-35-17-33-27-23(35)14-25(41-27)28(36)37/h2-6,13-14,17-18H,7-12,15-16H2,1H3,(H,36,37)/t29?,30-/m0/s1. The monoisotopic (exact) mass is 597 g/mol. The first-order valence-corrected chi connectivity index (χ1v) is 14.9. The Labute approximate surface area is 245 Å². The van der Waals surface area contributed by atoms with Gasteiger partial charge in [-0.15, -0.1) is 11.3 Å². The summed E-state index contributed by atoms with van der Waals surface area (Å²) in [6.07, 6.45) is 4.62. The molecule has 2 aromatic heterocycles. The first-order chi connectivity index (χ1) is 19.7. The molecule has 0 spiro atoms. The molecular formula is C30H29ClFN3O5S. The highest BCUT2D eigenvalue weighted by molar-refractivity contribution is 7.20. The number of benzene rings is 2. The molecule has 3 aliphatic rings. The largest absolute Gasteiger partial charge is 0.477 e. The topological polar surface area (TPSA) is 86.1 Å². The Morgan fingerprint density at radius 3 is 2.71 bits per heavy atom. The van der Waals surface area contributed by atoms with Crippen LogP contribution in [0.25, 0.3) is 10.3 Å². The van der Waals surface area contributed by atoms with Crippen LogP contribution in [0.2, 0.25) is 5.02 Å². The number of hydrogen-bond donors (Lipinski definition) is 1. The Morgan fingerprint density at radius 1 is 1.20 bits per heavy atom. The van der Waals surface area contributed by atoms with Crippen molar-refractivity contribution < 1.29 is 28.5 Å². The number of carboxylic acid groups (broad SMARTS) is 1. The van der Waals surface area contributed by atoms with E-state index in [2.05, 4.69) is 16.0 Å². The molecule has 8 nitrogen and oxygen atoms in total. The van der Waals surface area contributed by atoms with Crippen LogP contribution in [0.4, 0.5) is 4.39 Å². The number of likely N-dealkylation sites (tertiary alicyclic amines) is 1. The molecule has 2 fully saturated rings. The molecule has 5 heterocycles. The number of thiophene rings is 1. The smallest absolute Gasteiger partial charge is 0.346 e. The van der Waals surface area contributed by atoms with E-state index in [1.54, 1.807) is 31.5 Å². The average molecular weight is 598 g/mol. The SMILES string of the molecule is CC1(c2ccc(Cl)cc2F)Oc2cccc(C3CCN(C[C@]4(Cn5cnc6sc(C(=O)O)cc65)CCO4)CC3)c2O1. The van der Waals surface area contributed by atoms with Crippen LogP contribution in [0.3, 0.4) is 0 Å². The van der Waals surface area contributed by atoms with Gasteiger partial charge in [-0.25, -0.2) is 14.2 Å². The lowest BCUT2D eigenvalue weighted by Gasteiger charge is -2.46. The van der Waals surface area contributed by atoms with Crippen LogP contribution in [0.15, 0.2) is 48.8 Å². The highest BCUT2D eigenvalue weighted by Gasteiger charge is 2.44. The molecule has 7 rings (SSSR count). The number of nitrogens with zero attached hydrogens (tertiary/aromatic N) is 3. The number of aromatic nitrogens is 2. The van der Waals surface area contributed by atoms with Gasteiger partial charge in [0, 0.05) is 30.5 Å². The predicted molar refractivity (Wildman–Crippen MR) is 153 cm³/mol. The molecule has 2 aromatic carbocycles. The summed E-state index contributed by atoms with van der Waals surface area (Å²) < 4.78 is 35.5. The van der Waals surface area contributed by atoms with E-state index in [-0.39, 0.29) is 11.5 Å². The van der Waals surface area contributed by atoms with Crippen LogP contribution in [-0.2, 0) is 17.1 Å². The summed E-state index contributed by atoms with van der Waals surface area (Å²) in [5.74, 6) is -1.08. The molecule has 2 saturated heterocycles. The highest BCUT2D eigenvalue weighted by Crippen LogP contribution is 2.50. The third kappa shape index (κ3) is 4.76. The fourth-order valence-electron chi connectivity index (χ4n) is 6.33. The zero-order valence-electron chi connectivity index (χ0n) is 22.4. The average Bonchev–Trinajstić information content (AvgIpc) is 3.61. The zero-order chi connectivity index (χ0) is 28.4. The minimum Gasteiger partial charge on any atom is -0.477 e. The number of hydrogen-bond acceptors (Lipinski definition) is 7. The summed E-state index contributed by atoms with van der Waals surface area (Å²) in [6, 6.07) is 12.1. The van der Waals surface area contributed by atoms with E-state index in [9.17, 15) is 14.3 Å². The molecular weight excluding hydrogens is 569 g/mol. The second-order valence-electron chi connectivity index (χ2n) is 11.3. The third-order valence-corrected chi connectivity index (χ3v) is 9.78. The van der Waals surface area contributed by atoms with Gasteiger partial charge in [0.15, 0.2) is 11.5 Å². The third-order valence-electron chi connectivity index (χ3n) is 8.52. The summed E-state index contributed by atoms with van der Waals surface area (Å²) in [7, 11) is 0. The fourth-order valence-corrected chi connectivity index (χ4v) is 7.34. The molecule has 0 bridgehead atoms. The molecule has 41 heavy (non-hydrogen) atoms. The minimum atomic E-state index is -1.27. The van der Waals surface area contributed by atoms with Crippen LogP contribution in [-0.4, -0.2) is 57.4 Å². The number of carboxylic acids is 1. The minimum absolute atomic E-state index is 0.286. The highest BCUT2D eigenvalue weighted by atomic mass is 35.5. The predicted octanol–water partition coefficient (Wildman–Crippen LogP) is 6.27. The van der Waals surface area contributed by atoms with Gasteiger partial charge in [-0.3, -0.25) is 0 Å². The molecule has 0 saturated carbocycles. The lowest BCUT2D eigenvalue weighted by Crippen LogP contribution is -2.56. The van der Waals surface area contributed by atoms with Gasteiger partial charge >= 0.3 is 5.97 Å². The van der Waals surface area contributed by atoms with Crippen molar-refractivity contribution in [1.29, 1.82) is 0 Å². The van der Waals surface area contributed by atoms with E-state index < -0.39 is 17.6 Å². The molecule has 4 aromatic rings. The molecule has 1 N–H and O–H groups in total. The molecule has 0 aliphatic carbocycles. The van der Waals surface area contributed by atoms with Crippen molar-refractivity contribution in [3.8, 4) is 11.5 Å². The van der Waals surface area contributed by atoms with Gasteiger partial charge in [0.2, 0.25) is 0 Å². The van der Waals surface area contributed by atoms with Crippen molar-refractivity contribution in [3.05, 3.63) is 75.6 Å². The van der Waals surface area contributed by atoms with Crippen molar-refractivity contribution in [2.45, 2.75) is 50.0 Å². The number of halogens is 2. The summed E-state index contributed by atoms with van der Waals surface area (Å²) in [4.78, 5) is 19.3. The molecule has 1 unspecified atom stereocenters. The number of aromatic carboxylic acids is 1. The van der Waals surface area contributed by atoms with Crippen LogP contribution in [0.1, 0.15) is 52.9 Å². The second-order valence-corrected chi connectivity index (χ2v) is 12.7. The van der Waals surface area contributed by atoms with Crippen molar-refractivity contribution in [1.82, 2.24) is 14.5 Å². The summed E-state index contributed by atoms with van der Waals surface area (Å²) >= 11 is 7.16. The van der Waals surface area contributed by atoms with Crippen molar-refractivity contribution >= 4 is 39.3 Å². The number of imidazole rings is 1. The number of fused-ring (bicyclic) bond motifs is 2. The van der Waals surface area contributed by atoms with Gasteiger partial charge in [0.25, 0.3) is 5.79 Å². The Hall–Kier alpha value is -3.18. The second kappa shape index (κ2) is 9.97. The summed E-state index contributed by atoms with van der Waals surface area (Å²) in [5, 5.41) is 9.69. The molecule has 3 aliphatic heterocycles. The molecule has 0 radical (unpaired) electrons. The molecule has 0 amide bonds. The lowest BCUT2D eigenvalue weighted by atomic mass is 9.87. The Morgan fingerprint density at radius 2 is 2.00 bits per heavy atom. The van der Waals surface area contributed by atoms with Crippen LogP contribution < -0.4 is 9.47 Å². The number of ether oxygens (including phenoxy) is 3. The number of rotatable bonds is 7. The van der Waals surface area contributed by atoms with Crippen LogP contribution >= 0.6 is 22.9 Å². The first kappa shape index (κ1) is 26.7. The van der Waals surface area contributed by atoms with E-state index in [0.717, 1.165) is 61.4 Å². The van der Waals surface area contributed by atoms with Gasteiger partial charge in [-0.05, 0) is 62.2 Å². The van der Waals surface area contributed by atoms with E-state index in [0.29, 0.717) is 33.5 Å². The Bertz CT molecular complexity index is 1640. The van der Waals surface area contributed by atoms with Gasteiger partial charge in [0.05, 0.1) is 30.6 Å². The molecule has 11 heteroatoms. The normalized spacial score (nSPS) is 24.6. The fraction of sp³-hybridized carbons (Fsp3) is 0.400. The maximum atomic E-state index is 14.8. The molecule has 214 valence electrons. The van der Waals surface area contributed by atoms with Crippen LogP contribution in [0.5, 0.6) is 11.5 Å². The Kier molecular flexibility index (Phi) is 6.50. The zero-order valence-corrected chi connectivity index (χ0v) is 24.0. The maximum absolute atomic E-state index is 14.8. The van der Waals surface area contributed by atoms with Crippen molar-refractivity contribution in [3.63, 3.8) is 0 Å². The van der Waals surface area contributed by atoms with Gasteiger partial charge in [-0.1, -0.05) is 23.7 Å². The van der Waals surface area contributed by atoms with Crippen molar-refractivity contribution in [2.75, 3.05) is 26.2 Å². The maximum Gasteiger partial charge on any atom is 0.346 e.